The monoisotopic (exact) mass is 241 g/mol. The standard InChI is InChI=1S/C15H19N3/c1-3-12-6-4-7-13(10-12)15(18-16)14-8-5-9-17-11(14)2/h4-10,15,18H,3,16H2,1-2H3. The van der Waals surface area contributed by atoms with Crippen molar-refractivity contribution in [2.45, 2.75) is 26.3 Å². The lowest BCUT2D eigenvalue weighted by molar-refractivity contribution is 0.630. The first-order valence-electron chi connectivity index (χ1n) is 6.22. The summed E-state index contributed by atoms with van der Waals surface area (Å²) in [6.45, 7) is 4.16. The third-order valence-corrected chi connectivity index (χ3v) is 3.22. The molecule has 0 radical (unpaired) electrons. The van der Waals surface area contributed by atoms with E-state index in [1.165, 1.54) is 11.1 Å². The SMILES string of the molecule is CCc1cccc(C(NN)c2cccnc2C)c1. The topological polar surface area (TPSA) is 50.9 Å². The highest BCUT2D eigenvalue weighted by Crippen LogP contribution is 2.23. The second-order valence-corrected chi connectivity index (χ2v) is 4.38. The van der Waals surface area contributed by atoms with E-state index in [0.29, 0.717) is 0 Å². The highest BCUT2D eigenvalue weighted by Gasteiger charge is 2.14. The van der Waals surface area contributed by atoms with Crippen molar-refractivity contribution in [3.05, 3.63) is 65.0 Å². The van der Waals surface area contributed by atoms with Crippen molar-refractivity contribution in [2.75, 3.05) is 0 Å². The predicted molar refractivity (Wildman–Crippen MR) is 74.0 cm³/mol. The number of hydrogen-bond acceptors (Lipinski definition) is 3. The van der Waals surface area contributed by atoms with Crippen molar-refractivity contribution >= 4 is 0 Å². The summed E-state index contributed by atoms with van der Waals surface area (Å²) in [5, 5.41) is 0. The Morgan fingerprint density at radius 2 is 2.11 bits per heavy atom. The molecular formula is C15H19N3. The average molecular weight is 241 g/mol. The molecule has 0 aliphatic heterocycles. The smallest absolute Gasteiger partial charge is 0.0727 e. The first-order valence-corrected chi connectivity index (χ1v) is 6.22. The van der Waals surface area contributed by atoms with E-state index in [-0.39, 0.29) is 6.04 Å². The largest absolute Gasteiger partial charge is 0.271 e. The maximum atomic E-state index is 5.72. The molecule has 0 fully saturated rings. The molecule has 1 heterocycles. The van der Waals surface area contributed by atoms with Gasteiger partial charge in [-0.05, 0) is 36.1 Å². The number of nitrogens with zero attached hydrogens (tertiary/aromatic N) is 1. The molecule has 18 heavy (non-hydrogen) atoms. The van der Waals surface area contributed by atoms with Gasteiger partial charge < -0.3 is 0 Å². The molecule has 0 saturated carbocycles. The highest BCUT2D eigenvalue weighted by molar-refractivity contribution is 5.35. The zero-order chi connectivity index (χ0) is 13.0. The van der Waals surface area contributed by atoms with Crippen molar-refractivity contribution in [1.29, 1.82) is 0 Å². The Balaban J connectivity index is 2.42. The summed E-state index contributed by atoms with van der Waals surface area (Å²) in [7, 11) is 0. The maximum absolute atomic E-state index is 5.72. The second-order valence-electron chi connectivity index (χ2n) is 4.38. The third-order valence-electron chi connectivity index (χ3n) is 3.22. The van der Waals surface area contributed by atoms with E-state index in [0.717, 1.165) is 17.7 Å². The quantitative estimate of drug-likeness (QED) is 0.639. The highest BCUT2D eigenvalue weighted by atomic mass is 15.2. The molecule has 0 amide bonds. The van der Waals surface area contributed by atoms with Gasteiger partial charge >= 0.3 is 0 Å². The van der Waals surface area contributed by atoms with Crippen LogP contribution in [0.15, 0.2) is 42.6 Å². The van der Waals surface area contributed by atoms with Crippen LogP contribution in [0, 0.1) is 6.92 Å². The lowest BCUT2D eigenvalue weighted by atomic mass is 9.96. The molecule has 0 aliphatic rings. The van der Waals surface area contributed by atoms with Gasteiger partial charge in [0, 0.05) is 11.9 Å². The molecule has 3 nitrogen and oxygen atoms in total. The van der Waals surface area contributed by atoms with Crippen LogP contribution in [0.2, 0.25) is 0 Å². The van der Waals surface area contributed by atoms with Crippen molar-refractivity contribution in [2.24, 2.45) is 5.84 Å². The Morgan fingerprint density at radius 3 is 2.78 bits per heavy atom. The Labute approximate surface area is 108 Å². The number of aryl methyl sites for hydroxylation is 2. The Kier molecular flexibility index (Phi) is 4.07. The third kappa shape index (κ3) is 2.58. The minimum absolute atomic E-state index is 0.00907. The van der Waals surface area contributed by atoms with E-state index in [4.69, 9.17) is 5.84 Å². The summed E-state index contributed by atoms with van der Waals surface area (Å²) in [5.41, 5.74) is 7.50. The van der Waals surface area contributed by atoms with Crippen LogP contribution in [0.3, 0.4) is 0 Å². The minimum atomic E-state index is -0.00907. The van der Waals surface area contributed by atoms with Crippen molar-refractivity contribution in [3.63, 3.8) is 0 Å². The number of hydrazine groups is 1. The van der Waals surface area contributed by atoms with Gasteiger partial charge in [-0.3, -0.25) is 10.8 Å². The number of rotatable bonds is 4. The molecule has 0 bridgehead atoms. The summed E-state index contributed by atoms with van der Waals surface area (Å²) in [6.07, 6.45) is 2.83. The Morgan fingerprint density at radius 1 is 1.28 bits per heavy atom. The fourth-order valence-corrected chi connectivity index (χ4v) is 2.16. The Bertz CT molecular complexity index is 523. The van der Waals surface area contributed by atoms with Crippen LogP contribution in [0.1, 0.15) is 35.3 Å². The maximum Gasteiger partial charge on any atom is 0.0727 e. The molecule has 1 atom stereocenters. The summed E-state index contributed by atoms with van der Waals surface area (Å²) in [5.74, 6) is 5.72. The molecule has 2 rings (SSSR count). The van der Waals surface area contributed by atoms with Crippen LogP contribution in [-0.4, -0.2) is 4.98 Å². The Hall–Kier alpha value is -1.71. The van der Waals surface area contributed by atoms with Crippen LogP contribution >= 0.6 is 0 Å². The van der Waals surface area contributed by atoms with Gasteiger partial charge in [0.1, 0.15) is 0 Å². The first-order chi connectivity index (χ1) is 8.76. The summed E-state index contributed by atoms with van der Waals surface area (Å²) in [6, 6.07) is 12.5. The molecular weight excluding hydrogens is 222 g/mol. The van der Waals surface area contributed by atoms with E-state index in [1.807, 2.05) is 13.0 Å². The number of benzene rings is 1. The molecule has 0 saturated heterocycles. The van der Waals surface area contributed by atoms with Crippen molar-refractivity contribution < 1.29 is 0 Å². The van der Waals surface area contributed by atoms with E-state index in [1.54, 1.807) is 6.20 Å². The molecule has 3 heteroatoms. The van der Waals surface area contributed by atoms with Crippen LogP contribution in [0.4, 0.5) is 0 Å². The number of hydrogen-bond donors (Lipinski definition) is 2. The van der Waals surface area contributed by atoms with Gasteiger partial charge in [-0.25, -0.2) is 5.43 Å². The van der Waals surface area contributed by atoms with E-state index >= 15 is 0 Å². The van der Waals surface area contributed by atoms with Gasteiger partial charge in [-0.2, -0.15) is 0 Å². The zero-order valence-electron chi connectivity index (χ0n) is 10.9. The van der Waals surface area contributed by atoms with Gasteiger partial charge in [-0.1, -0.05) is 37.3 Å². The van der Waals surface area contributed by atoms with Crippen molar-refractivity contribution in [3.8, 4) is 0 Å². The van der Waals surface area contributed by atoms with Gasteiger partial charge in [0.2, 0.25) is 0 Å². The molecule has 0 spiro atoms. The lowest BCUT2D eigenvalue weighted by Crippen LogP contribution is -2.29. The van der Waals surface area contributed by atoms with E-state index < -0.39 is 0 Å². The summed E-state index contributed by atoms with van der Waals surface area (Å²) >= 11 is 0. The van der Waals surface area contributed by atoms with E-state index in [2.05, 4.69) is 47.7 Å². The number of aromatic nitrogens is 1. The van der Waals surface area contributed by atoms with E-state index in [9.17, 15) is 0 Å². The number of nitrogens with one attached hydrogen (secondary N) is 1. The molecule has 94 valence electrons. The first kappa shape index (κ1) is 12.7. The van der Waals surface area contributed by atoms with Crippen LogP contribution in [-0.2, 0) is 6.42 Å². The fourth-order valence-electron chi connectivity index (χ4n) is 2.16. The number of nitrogens with two attached hydrogens (primary N) is 1. The molecule has 1 aromatic heterocycles. The van der Waals surface area contributed by atoms with Gasteiger partial charge in [0.25, 0.3) is 0 Å². The zero-order valence-corrected chi connectivity index (χ0v) is 10.9. The molecule has 1 aromatic carbocycles. The molecule has 3 N–H and O–H groups in total. The molecule has 0 aliphatic carbocycles. The normalized spacial score (nSPS) is 12.4. The van der Waals surface area contributed by atoms with Gasteiger partial charge in [0.05, 0.1) is 6.04 Å². The summed E-state index contributed by atoms with van der Waals surface area (Å²) in [4.78, 5) is 4.32. The van der Waals surface area contributed by atoms with Crippen LogP contribution in [0.25, 0.3) is 0 Å². The van der Waals surface area contributed by atoms with Crippen LogP contribution in [0.5, 0.6) is 0 Å². The van der Waals surface area contributed by atoms with Gasteiger partial charge in [0.15, 0.2) is 0 Å². The second kappa shape index (κ2) is 5.76. The summed E-state index contributed by atoms with van der Waals surface area (Å²) < 4.78 is 0. The predicted octanol–water partition coefficient (Wildman–Crippen LogP) is 2.51. The molecule has 2 aromatic rings. The lowest BCUT2D eigenvalue weighted by Gasteiger charge is -2.19. The van der Waals surface area contributed by atoms with Gasteiger partial charge in [-0.15, -0.1) is 0 Å². The average Bonchev–Trinajstić information content (AvgIpc) is 2.42. The molecule has 1 unspecified atom stereocenters. The number of pyridine rings is 1. The van der Waals surface area contributed by atoms with Crippen molar-refractivity contribution in [1.82, 2.24) is 10.4 Å². The minimum Gasteiger partial charge on any atom is -0.271 e. The fraction of sp³-hybridized carbons (Fsp3) is 0.267. The van der Waals surface area contributed by atoms with Crippen LogP contribution < -0.4 is 11.3 Å².